The van der Waals surface area contributed by atoms with Crippen LogP contribution in [0.1, 0.15) is 42.5 Å². The molecule has 0 radical (unpaired) electrons. The SMILES string of the molecule is Cc1noc(C(F)(F)F)c1C(=O)ON1C(=O)c2ccccc2C1=O. The molecule has 2 aromatic rings. The van der Waals surface area contributed by atoms with Crippen molar-refractivity contribution in [3.8, 4) is 0 Å². The zero-order valence-electron chi connectivity index (χ0n) is 11.9. The van der Waals surface area contributed by atoms with Gasteiger partial charge >= 0.3 is 12.1 Å². The number of halogens is 3. The molecule has 0 atom stereocenters. The van der Waals surface area contributed by atoms with Gasteiger partial charge in [0.25, 0.3) is 17.6 Å². The smallest absolute Gasteiger partial charge is 0.350 e. The number of amides is 2. The van der Waals surface area contributed by atoms with E-state index >= 15 is 0 Å². The summed E-state index contributed by atoms with van der Waals surface area (Å²) in [6.45, 7) is 1.09. The summed E-state index contributed by atoms with van der Waals surface area (Å²) in [7, 11) is 0. The van der Waals surface area contributed by atoms with Crippen molar-refractivity contribution in [1.29, 1.82) is 0 Å². The fraction of sp³-hybridized carbons (Fsp3) is 0.143. The first-order chi connectivity index (χ1) is 11.2. The van der Waals surface area contributed by atoms with E-state index < -0.39 is 35.3 Å². The number of carbonyl (C=O) groups excluding carboxylic acids is 3. The Morgan fingerprint density at radius 1 is 1.17 bits per heavy atom. The van der Waals surface area contributed by atoms with Crippen molar-refractivity contribution in [2.24, 2.45) is 0 Å². The van der Waals surface area contributed by atoms with Gasteiger partial charge in [-0.2, -0.15) is 13.2 Å². The van der Waals surface area contributed by atoms with E-state index in [1.54, 1.807) is 0 Å². The summed E-state index contributed by atoms with van der Waals surface area (Å²) < 4.78 is 42.5. The van der Waals surface area contributed by atoms with Crippen LogP contribution in [0.4, 0.5) is 13.2 Å². The molecule has 0 saturated carbocycles. The zero-order valence-corrected chi connectivity index (χ0v) is 11.9. The lowest BCUT2D eigenvalue weighted by atomic mass is 10.1. The first kappa shape index (κ1) is 15.7. The Morgan fingerprint density at radius 3 is 2.21 bits per heavy atom. The first-order valence-electron chi connectivity index (χ1n) is 6.45. The maximum atomic E-state index is 12.8. The van der Waals surface area contributed by atoms with Gasteiger partial charge < -0.3 is 9.36 Å². The van der Waals surface area contributed by atoms with Gasteiger partial charge in [-0.1, -0.05) is 22.4 Å². The number of carbonyl (C=O) groups is 3. The van der Waals surface area contributed by atoms with E-state index in [1.165, 1.54) is 24.3 Å². The van der Waals surface area contributed by atoms with Crippen LogP contribution in [0, 0.1) is 6.92 Å². The van der Waals surface area contributed by atoms with Crippen molar-refractivity contribution in [2.75, 3.05) is 0 Å². The van der Waals surface area contributed by atoms with Crippen LogP contribution in [0.25, 0.3) is 0 Å². The van der Waals surface area contributed by atoms with Gasteiger partial charge in [0.15, 0.2) is 0 Å². The minimum absolute atomic E-state index is 0.0200. The number of benzene rings is 1. The minimum Gasteiger partial charge on any atom is -0.350 e. The average molecular weight is 340 g/mol. The van der Waals surface area contributed by atoms with Gasteiger partial charge in [0.1, 0.15) is 5.56 Å². The number of nitrogens with zero attached hydrogens (tertiary/aromatic N) is 2. The second kappa shape index (κ2) is 5.18. The first-order valence-corrected chi connectivity index (χ1v) is 6.45. The van der Waals surface area contributed by atoms with Crippen LogP contribution in [-0.2, 0) is 11.0 Å². The number of aromatic nitrogens is 1. The van der Waals surface area contributed by atoms with E-state index in [1.807, 2.05) is 0 Å². The quantitative estimate of drug-likeness (QED) is 0.780. The summed E-state index contributed by atoms with van der Waals surface area (Å²) in [5.41, 5.74) is -1.43. The summed E-state index contributed by atoms with van der Waals surface area (Å²) in [6.07, 6.45) is -4.99. The highest BCUT2D eigenvalue weighted by Crippen LogP contribution is 2.34. The highest BCUT2D eigenvalue weighted by molar-refractivity contribution is 6.21. The monoisotopic (exact) mass is 340 g/mol. The molecule has 124 valence electrons. The molecule has 1 aromatic carbocycles. The third-order valence-corrected chi connectivity index (χ3v) is 3.26. The normalized spacial score (nSPS) is 14.1. The number of aryl methyl sites for hydroxylation is 1. The molecule has 2 heterocycles. The second-order valence-electron chi connectivity index (χ2n) is 4.80. The molecule has 3 rings (SSSR count). The van der Waals surface area contributed by atoms with Crippen molar-refractivity contribution in [3.63, 3.8) is 0 Å². The van der Waals surface area contributed by atoms with Crippen molar-refractivity contribution >= 4 is 17.8 Å². The molecule has 1 aliphatic rings. The number of fused-ring (bicyclic) bond motifs is 1. The fourth-order valence-electron chi connectivity index (χ4n) is 2.18. The van der Waals surface area contributed by atoms with E-state index in [4.69, 9.17) is 0 Å². The van der Waals surface area contributed by atoms with Crippen LogP contribution in [-0.4, -0.2) is 28.0 Å². The summed E-state index contributed by atoms with van der Waals surface area (Å²) in [4.78, 5) is 40.7. The molecular formula is C14H7F3N2O5. The summed E-state index contributed by atoms with van der Waals surface area (Å²) in [5, 5.41) is 3.18. The molecule has 0 saturated heterocycles. The molecule has 2 amide bonds. The number of rotatable bonds is 2. The molecule has 0 fully saturated rings. The summed E-state index contributed by atoms with van der Waals surface area (Å²) in [6, 6.07) is 5.63. The number of imide groups is 1. The van der Waals surface area contributed by atoms with E-state index in [0.29, 0.717) is 0 Å². The van der Waals surface area contributed by atoms with Gasteiger partial charge in [-0.25, -0.2) is 4.79 Å². The molecule has 0 aliphatic carbocycles. The molecular weight excluding hydrogens is 333 g/mol. The number of hydrogen-bond acceptors (Lipinski definition) is 6. The lowest BCUT2D eigenvalue weighted by molar-refractivity contribution is -0.156. The molecule has 24 heavy (non-hydrogen) atoms. The van der Waals surface area contributed by atoms with Gasteiger partial charge in [-0.05, 0) is 19.1 Å². The third-order valence-electron chi connectivity index (χ3n) is 3.26. The largest absolute Gasteiger partial charge is 0.453 e. The van der Waals surface area contributed by atoms with Crippen LogP contribution in [0.5, 0.6) is 0 Å². The third kappa shape index (κ3) is 2.32. The number of hydroxylamine groups is 2. The lowest BCUT2D eigenvalue weighted by Crippen LogP contribution is -2.33. The maximum absolute atomic E-state index is 12.8. The molecule has 0 N–H and O–H groups in total. The highest BCUT2D eigenvalue weighted by Gasteiger charge is 2.45. The van der Waals surface area contributed by atoms with E-state index in [2.05, 4.69) is 14.5 Å². The van der Waals surface area contributed by atoms with Crippen LogP contribution >= 0.6 is 0 Å². The number of alkyl halides is 3. The standard InChI is InChI=1S/C14H7F3N2O5/c1-6-9(10(23-18-6)14(15,16)17)13(22)24-19-11(20)7-4-2-3-5-8(7)12(19)21/h2-5H,1H3. The highest BCUT2D eigenvalue weighted by atomic mass is 19.4. The minimum atomic E-state index is -4.99. The predicted molar refractivity (Wildman–Crippen MR) is 68.6 cm³/mol. The number of hydrogen-bond donors (Lipinski definition) is 0. The maximum Gasteiger partial charge on any atom is 0.453 e. The molecule has 7 nitrogen and oxygen atoms in total. The zero-order chi connectivity index (χ0) is 17.6. The van der Waals surface area contributed by atoms with Crippen LogP contribution in [0.2, 0.25) is 0 Å². The van der Waals surface area contributed by atoms with E-state index in [9.17, 15) is 27.6 Å². The Hall–Kier alpha value is -3.17. The Bertz CT molecular complexity index is 837. The van der Waals surface area contributed by atoms with Crippen LogP contribution in [0.15, 0.2) is 28.8 Å². The lowest BCUT2D eigenvalue weighted by Gasteiger charge is -2.13. The van der Waals surface area contributed by atoms with Gasteiger partial charge in [0, 0.05) is 0 Å². The Labute approximate surface area is 131 Å². The predicted octanol–water partition coefficient (Wildman–Crippen LogP) is 2.37. The summed E-state index contributed by atoms with van der Waals surface area (Å²) >= 11 is 0. The second-order valence-corrected chi connectivity index (χ2v) is 4.80. The topological polar surface area (TPSA) is 89.7 Å². The van der Waals surface area contributed by atoms with E-state index in [0.717, 1.165) is 6.92 Å². The van der Waals surface area contributed by atoms with E-state index in [-0.39, 0.29) is 21.9 Å². The van der Waals surface area contributed by atoms with Crippen molar-refractivity contribution in [1.82, 2.24) is 10.2 Å². The Morgan fingerprint density at radius 2 is 1.71 bits per heavy atom. The molecule has 10 heteroatoms. The Balaban J connectivity index is 1.92. The summed E-state index contributed by atoms with van der Waals surface area (Å²) in [5.74, 6) is -5.14. The fourth-order valence-corrected chi connectivity index (χ4v) is 2.18. The van der Waals surface area contributed by atoms with Gasteiger partial charge in [-0.3, -0.25) is 9.59 Å². The van der Waals surface area contributed by atoms with Crippen LogP contribution < -0.4 is 0 Å². The van der Waals surface area contributed by atoms with Gasteiger partial charge in [-0.15, -0.1) is 0 Å². The molecule has 1 aliphatic heterocycles. The Kier molecular flexibility index (Phi) is 3.39. The van der Waals surface area contributed by atoms with Crippen LogP contribution in [0.3, 0.4) is 0 Å². The molecule has 0 unspecified atom stereocenters. The molecule has 1 aromatic heterocycles. The molecule has 0 bridgehead atoms. The van der Waals surface area contributed by atoms with Crippen molar-refractivity contribution in [2.45, 2.75) is 13.1 Å². The van der Waals surface area contributed by atoms with Crippen molar-refractivity contribution in [3.05, 3.63) is 52.4 Å². The van der Waals surface area contributed by atoms with Gasteiger partial charge in [0.2, 0.25) is 0 Å². The molecule has 0 spiro atoms. The van der Waals surface area contributed by atoms with Gasteiger partial charge in [0.05, 0.1) is 16.8 Å². The van der Waals surface area contributed by atoms with Crippen molar-refractivity contribution < 1.29 is 36.9 Å². The average Bonchev–Trinajstić information content (AvgIpc) is 3.02.